The van der Waals surface area contributed by atoms with Crippen molar-refractivity contribution < 1.29 is 13.2 Å². The van der Waals surface area contributed by atoms with Gasteiger partial charge in [-0.05, 0) is 37.0 Å². The molecule has 2 rings (SSSR count). The van der Waals surface area contributed by atoms with Crippen LogP contribution in [-0.2, 0) is 14.8 Å². The maximum absolute atomic E-state index is 12.1. The molecule has 1 fully saturated rings. The summed E-state index contributed by atoms with van der Waals surface area (Å²) in [6.07, 6.45) is 1.94. The minimum Gasteiger partial charge on any atom is -0.381 e. The van der Waals surface area contributed by atoms with Gasteiger partial charge in [0.1, 0.15) is 0 Å². The summed E-state index contributed by atoms with van der Waals surface area (Å²) in [5, 5.41) is 8.78. The van der Waals surface area contributed by atoms with Crippen LogP contribution in [0.3, 0.4) is 0 Å². The van der Waals surface area contributed by atoms with Crippen LogP contribution in [0.2, 0.25) is 0 Å². The van der Waals surface area contributed by atoms with Crippen LogP contribution in [0, 0.1) is 17.2 Å². The summed E-state index contributed by atoms with van der Waals surface area (Å²) in [5.74, 6) is 0.225. The van der Waals surface area contributed by atoms with E-state index in [1.807, 2.05) is 6.07 Å². The number of nitriles is 1. The largest absolute Gasteiger partial charge is 0.381 e. The van der Waals surface area contributed by atoms with Gasteiger partial charge in [0.05, 0.1) is 23.1 Å². The van der Waals surface area contributed by atoms with Crippen LogP contribution in [0.1, 0.15) is 18.4 Å². The second-order valence-electron chi connectivity index (χ2n) is 4.57. The molecule has 1 unspecified atom stereocenters. The van der Waals surface area contributed by atoms with Gasteiger partial charge in [-0.2, -0.15) is 5.26 Å². The van der Waals surface area contributed by atoms with Crippen molar-refractivity contribution in [3.05, 3.63) is 29.8 Å². The maximum Gasteiger partial charge on any atom is 0.240 e. The highest BCUT2D eigenvalue weighted by Crippen LogP contribution is 2.15. The molecule has 0 saturated carbocycles. The quantitative estimate of drug-likeness (QED) is 0.900. The van der Waals surface area contributed by atoms with Crippen molar-refractivity contribution in [2.45, 2.75) is 17.7 Å². The van der Waals surface area contributed by atoms with Gasteiger partial charge < -0.3 is 4.74 Å². The Labute approximate surface area is 113 Å². The summed E-state index contributed by atoms with van der Waals surface area (Å²) in [4.78, 5) is 0.128. The Morgan fingerprint density at radius 2 is 2.32 bits per heavy atom. The van der Waals surface area contributed by atoms with E-state index >= 15 is 0 Å². The second-order valence-corrected chi connectivity index (χ2v) is 6.34. The Morgan fingerprint density at radius 1 is 1.47 bits per heavy atom. The van der Waals surface area contributed by atoms with E-state index in [4.69, 9.17) is 10.00 Å². The molecule has 0 bridgehead atoms. The van der Waals surface area contributed by atoms with Crippen LogP contribution in [0.4, 0.5) is 0 Å². The lowest BCUT2D eigenvalue weighted by atomic mass is 10.0. The average Bonchev–Trinajstić information content (AvgIpc) is 2.46. The van der Waals surface area contributed by atoms with Crippen molar-refractivity contribution in [1.82, 2.24) is 4.72 Å². The monoisotopic (exact) mass is 280 g/mol. The Bertz CT molecular complexity index is 572. The zero-order chi connectivity index (χ0) is 13.7. The van der Waals surface area contributed by atoms with Gasteiger partial charge >= 0.3 is 0 Å². The smallest absolute Gasteiger partial charge is 0.240 e. The number of sulfonamides is 1. The summed E-state index contributed by atoms with van der Waals surface area (Å²) < 4.78 is 32.1. The molecule has 6 heteroatoms. The van der Waals surface area contributed by atoms with E-state index in [0.717, 1.165) is 19.4 Å². The molecule has 0 amide bonds. The van der Waals surface area contributed by atoms with Gasteiger partial charge in [-0.15, -0.1) is 0 Å². The third kappa shape index (κ3) is 3.77. The number of hydrogen-bond donors (Lipinski definition) is 1. The van der Waals surface area contributed by atoms with Crippen LogP contribution in [0.25, 0.3) is 0 Å². The first-order valence-electron chi connectivity index (χ1n) is 6.19. The number of nitrogens with zero attached hydrogens (tertiary/aromatic N) is 1. The molecule has 19 heavy (non-hydrogen) atoms. The van der Waals surface area contributed by atoms with Crippen LogP contribution in [0.15, 0.2) is 29.2 Å². The minimum atomic E-state index is -3.55. The molecular weight excluding hydrogens is 264 g/mol. The highest BCUT2D eigenvalue weighted by Gasteiger charge is 2.19. The fraction of sp³-hybridized carbons (Fsp3) is 0.462. The molecule has 1 saturated heterocycles. The number of rotatable bonds is 4. The molecule has 102 valence electrons. The van der Waals surface area contributed by atoms with Gasteiger partial charge in [-0.3, -0.25) is 0 Å². The molecule has 0 aliphatic carbocycles. The van der Waals surface area contributed by atoms with Crippen LogP contribution in [-0.4, -0.2) is 28.2 Å². The van der Waals surface area contributed by atoms with E-state index in [2.05, 4.69) is 4.72 Å². The highest BCUT2D eigenvalue weighted by atomic mass is 32.2. The Kier molecular flexibility index (Phi) is 4.53. The summed E-state index contributed by atoms with van der Waals surface area (Å²) >= 11 is 0. The van der Waals surface area contributed by atoms with Gasteiger partial charge in [0.2, 0.25) is 10.0 Å². The molecule has 0 aromatic heterocycles. The third-order valence-electron chi connectivity index (χ3n) is 3.09. The SMILES string of the molecule is N#Cc1cccc(S(=O)(=O)NCC2CCCOC2)c1. The first-order chi connectivity index (χ1) is 9.12. The second kappa shape index (κ2) is 6.15. The summed E-state index contributed by atoms with van der Waals surface area (Å²) in [6, 6.07) is 7.94. The van der Waals surface area contributed by atoms with Crippen molar-refractivity contribution in [2.75, 3.05) is 19.8 Å². The van der Waals surface area contributed by atoms with Gasteiger partial charge in [0.15, 0.2) is 0 Å². The topological polar surface area (TPSA) is 79.2 Å². The first-order valence-corrected chi connectivity index (χ1v) is 7.68. The predicted molar refractivity (Wildman–Crippen MR) is 69.9 cm³/mol. The molecule has 1 aromatic rings. The molecule has 1 aromatic carbocycles. The molecule has 0 spiro atoms. The van der Waals surface area contributed by atoms with Crippen molar-refractivity contribution in [3.8, 4) is 6.07 Å². The average molecular weight is 280 g/mol. The summed E-state index contributed by atoms with van der Waals surface area (Å²) in [6.45, 7) is 1.73. The molecule has 1 N–H and O–H groups in total. The van der Waals surface area contributed by atoms with E-state index in [0.29, 0.717) is 18.7 Å². The van der Waals surface area contributed by atoms with Gasteiger partial charge in [0, 0.05) is 13.2 Å². The lowest BCUT2D eigenvalue weighted by Crippen LogP contribution is -2.33. The maximum atomic E-state index is 12.1. The van der Waals surface area contributed by atoms with Crippen molar-refractivity contribution in [3.63, 3.8) is 0 Å². The Hall–Kier alpha value is -1.42. The lowest BCUT2D eigenvalue weighted by Gasteiger charge is -2.22. The highest BCUT2D eigenvalue weighted by molar-refractivity contribution is 7.89. The molecule has 0 radical (unpaired) electrons. The number of hydrogen-bond acceptors (Lipinski definition) is 4. The Morgan fingerprint density at radius 3 is 3.00 bits per heavy atom. The predicted octanol–water partition coefficient (Wildman–Crippen LogP) is 1.26. The standard InChI is InChI=1S/C13H16N2O3S/c14-8-11-3-1-5-13(7-11)19(16,17)15-9-12-4-2-6-18-10-12/h1,3,5,7,12,15H,2,4,6,9-10H2. The third-order valence-corrected chi connectivity index (χ3v) is 4.51. The molecule has 1 aliphatic rings. The van der Waals surface area contributed by atoms with E-state index in [1.165, 1.54) is 12.1 Å². The first kappa shape index (κ1) is 14.0. The molecule has 1 heterocycles. The number of benzene rings is 1. The normalized spacial score (nSPS) is 19.8. The van der Waals surface area contributed by atoms with Gasteiger partial charge in [-0.25, -0.2) is 13.1 Å². The Balaban J connectivity index is 2.03. The molecule has 1 aliphatic heterocycles. The molecule has 1 atom stereocenters. The lowest BCUT2D eigenvalue weighted by molar-refractivity contribution is 0.0568. The van der Waals surface area contributed by atoms with Crippen LogP contribution in [0.5, 0.6) is 0 Å². The summed E-state index contributed by atoms with van der Waals surface area (Å²) in [5.41, 5.74) is 0.337. The van der Waals surface area contributed by atoms with E-state index < -0.39 is 10.0 Å². The van der Waals surface area contributed by atoms with Gasteiger partial charge in [-0.1, -0.05) is 6.07 Å². The van der Waals surface area contributed by atoms with Crippen LogP contribution < -0.4 is 4.72 Å². The van der Waals surface area contributed by atoms with E-state index in [-0.39, 0.29) is 10.8 Å². The van der Waals surface area contributed by atoms with Gasteiger partial charge in [0.25, 0.3) is 0 Å². The zero-order valence-electron chi connectivity index (χ0n) is 10.5. The molecule has 5 nitrogen and oxygen atoms in total. The van der Waals surface area contributed by atoms with Crippen LogP contribution >= 0.6 is 0 Å². The van der Waals surface area contributed by atoms with Crippen molar-refractivity contribution in [1.29, 1.82) is 5.26 Å². The minimum absolute atomic E-state index is 0.128. The van der Waals surface area contributed by atoms with Crippen molar-refractivity contribution >= 4 is 10.0 Å². The van der Waals surface area contributed by atoms with E-state index in [1.54, 1.807) is 12.1 Å². The fourth-order valence-electron chi connectivity index (χ4n) is 2.01. The van der Waals surface area contributed by atoms with Crippen molar-refractivity contribution in [2.24, 2.45) is 5.92 Å². The fourth-order valence-corrected chi connectivity index (χ4v) is 3.17. The number of nitrogens with one attached hydrogen (secondary N) is 1. The summed E-state index contributed by atoms with van der Waals surface area (Å²) in [7, 11) is -3.55. The zero-order valence-corrected chi connectivity index (χ0v) is 11.3. The van der Waals surface area contributed by atoms with E-state index in [9.17, 15) is 8.42 Å². The molecular formula is C13H16N2O3S. The number of ether oxygens (including phenoxy) is 1.